The lowest BCUT2D eigenvalue weighted by atomic mass is 10.0. The van der Waals surface area contributed by atoms with Crippen LogP contribution in [0.1, 0.15) is 49.2 Å². The summed E-state index contributed by atoms with van der Waals surface area (Å²) < 4.78 is 59.7. The maximum Gasteiger partial charge on any atom is 0.256 e. The second-order valence-corrected chi connectivity index (χ2v) is 8.92. The Labute approximate surface area is 195 Å². The number of nitrogens with zero attached hydrogens (tertiary/aromatic N) is 2. The maximum atomic E-state index is 15.2. The lowest BCUT2D eigenvalue weighted by Crippen LogP contribution is -2.19. The first-order valence-corrected chi connectivity index (χ1v) is 11.3. The number of anilines is 1. The quantitative estimate of drug-likeness (QED) is 0.536. The van der Waals surface area contributed by atoms with Crippen LogP contribution in [-0.2, 0) is 4.74 Å². The van der Waals surface area contributed by atoms with Crippen LogP contribution in [0.4, 0.5) is 19.0 Å². The number of alkyl halides is 2. The number of ether oxygens (including phenoxy) is 3. The third-order valence-corrected chi connectivity index (χ3v) is 6.12. The van der Waals surface area contributed by atoms with Gasteiger partial charge in [0.05, 0.1) is 30.7 Å². The fourth-order valence-electron chi connectivity index (χ4n) is 4.28. The monoisotopic (exact) mass is 473 g/mol. The van der Waals surface area contributed by atoms with Gasteiger partial charge in [-0.05, 0) is 32.4 Å². The highest BCUT2D eigenvalue weighted by Crippen LogP contribution is 2.56. The number of aromatic nitrogens is 2. The Bertz CT molecular complexity index is 1240. The van der Waals surface area contributed by atoms with Crippen molar-refractivity contribution in [3.63, 3.8) is 0 Å². The summed E-state index contributed by atoms with van der Waals surface area (Å²) in [5.74, 6) is -2.39. The minimum atomic E-state index is -2.84. The normalized spacial score (nSPS) is 22.4. The molecule has 0 bridgehead atoms. The van der Waals surface area contributed by atoms with Gasteiger partial charge in [0.2, 0.25) is 0 Å². The van der Waals surface area contributed by atoms with E-state index in [1.165, 1.54) is 6.07 Å². The van der Waals surface area contributed by atoms with Crippen LogP contribution >= 0.6 is 0 Å². The number of aryl methyl sites for hydroxylation is 1. The molecule has 0 spiro atoms. The zero-order valence-corrected chi connectivity index (χ0v) is 19.2. The van der Waals surface area contributed by atoms with Crippen LogP contribution in [0, 0.1) is 12.7 Å². The molecule has 2 aliphatic rings. The largest absolute Gasteiger partial charge is 0.487 e. The average Bonchev–Trinajstić information content (AvgIpc) is 3.38. The first-order valence-electron chi connectivity index (χ1n) is 11.3. The Kier molecular flexibility index (Phi) is 5.75. The highest BCUT2D eigenvalue weighted by atomic mass is 19.3. The molecule has 0 saturated heterocycles. The number of nitrogens with one attached hydrogen (secondary N) is 1. The summed E-state index contributed by atoms with van der Waals surface area (Å²) in [5.41, 5.74) is 1.00. The van der Waals surface area contributed by atoms with Crippen LogP contribution in [0.5, 0.6) is 11.5 Å². The molecular formula is C25H26F3N3O3. The van der Waals surface area contributed by atoms with Gasteiger partial charge in [0.1, 0.15) is 30.2 Å². The van der Waals surface area contributed by atoms with Crippen molar-refractivity contribution in [1.82, 2.24) is 9.97 Å². The van der Waals surface area contributed by atoms with Crippen LogP contribution in [0.15, 0.2) is 30.3 Å². The number of fused-ring (bicyclic) bond motifs is 2. The molecule has 9 heteroatoms. The molecule has 1 saturated carbocycles. The topological polar surface area (TPSA) is 65.5 Å². The number of hydrogen-bond donors (Lipinski definition) is 1. The van der Waals surface area contributed by atoms with Crippen molar-refractivity contribution in [2.24, 2.45) is 0 Å². The minimum Gasteiger partial charge on any atom is -0.487 e. The van der Waals surface area contributed by atoms with Gasteiger partial charge in [-0.1, -0.05) is 18.2 Å². The molecule has 34 heavy (non-hydrogen) atoms. The fourth-order valence-corrected chi connectivity index (χ4v) is 4.28. The first kappa shape index (κ1) is 22.7. The molecule has 3 aromatic rings. The molecule has 180 valence electrons. The third-order valence-electron chi connectivity index (χ3n) is 6.12. The lowest BCUT2D eigenvalue weighted by molar-refractivity contribution is 0.0546. The van der Waals surface area contributed by atoms with Gasteiger partial charge in [0.25, 0.3) is 5.92 Å². The van der Waals surface area contributed by atoms with E-state index in [2.05, 4.69) is 15.3 Å². The Morgan fingerprint density at radius 3 is 2.71 bits per heavy atom. The number of halogens is 3. The molecule has 1 aromatic heterocycles. The van der Waals surface area contributed by atoms with Gasteiger partial charge in [-0.3, -0.25) is 0 Å². The molecule has 1 aliphatic carbocycles. The summed E-state index contributed by atoms with van der Waals surface area (Å²) in [6.07, 6.45) is -0.501. The standard InChI is InChI=1S/C25H26F3N3O3/c1-13-12-32-7-8-33-21-10-20-18(9-22(21)34-13)24(31-15(3)30-20)29-14(2)16-5-4-6-17(23(16)26)19-11-25(19,27)28/h4-6,9-10,13-14,19H,7-8,11-12H2,1-3H3,(H,29,30,31). The SMILES string of the molecule is Cc1nc(NC(C)c2cccc(C3CC3(F)F)c2F)c2cc3c(cc2n1)OCCOCC(C)O3. The van der Waals surface area contributed by atoms with Gasteiger partial charge in [-0.15, -0.1) is 0 Å². The van der Waals surface area contributed by atoms with Gasteiger partial charge >= 0.3 is 0 Å². The van der Waals surface area contributed by atoms with Gasteiger partial charge in [0, 0.05) is 23.4 Å². The van der Waals surface area contributed by atoms with Gasteiger partial charge in [-0.25, -0.2) is 23.1 Å². The van der Waals surface area contributed by atoms with Crippen molar-refractivity contribution in [1.29, 1.82) is 0 Å². The average molecular weight is 473 g/mol. The van der Waals surface area contributed by atoms with Crippen LogP contribution in [-0.4, -0.2) is 41.8 Å². The third kappa shape index (κ3) is 4.36. The van der Waals surface area contributed by atoms with E-state index in [0.29, 0.717) is 59.4 Å². The zero-order chi connectivity index (χ0) is 24.0. The van der Waals surface area contributed by atoms with Crippen LogP contribution in [0.25, 0.3) is 10.9 Å². The van der Waals surface area contributed by atoms with Gasteiger partial charge in [0.15, 0.2) is 11.5 Å². The summed E-state index contributed by atoms with van der Waals surface area (Å²) in [4.78, 5) is 9.06. The van der Waals surface area contributed by atoms with Gasteiger partial charge < -0.3 is 19.5 Å². The lowest BCUT2D eigenvalue weighted by Gasteiger charge is -2.20. The van der Waals surface area contributed by atoms with Crippen molar-refractivity contribution in [2.75, 3.05) is 25.1 Å². The number of benzene rings is 2. The van der Waals surface area contributed by atoms with E-state index in [1.54, 1.807) is 38.1 Å². The molecule has 3 atom stereocenters. The van der Waals surface area contributed by atoms with Crippen molar-refractivity contribution in [3.05, 3.63) is 53.1 Å². The van der Waals surface area contributed by atoms with E-state index in [4.69, 9.17) is 14.2 Å². The molecule has 1 aliphatic heterocycles. The highest BCUT2D eigenvalue weighted by molar-refractivity contribution is 5.92. The molecule has 6 nitrogen and oxygen atoms in total. The molecule has 0 amide bonds. The van der Waals surface area contributed by atoms with Crippen molar-refractivity contribution in [2.45, 2.75) is 51.2 Å². The predicted octanol–water partition coefficient (Wildman–Crippen LogP) is 5.55. The van der Waals surface area contributed by atoms with E-state index >= 15 is 4.39 Å². The van der Waals surface area contributed by atoms with E-state index in [9.17, 15) is 8.78 Å². The molecule has 5 rings (SSSR count). The molecule has 0 radical (unpaired) electrons. The number of rotatable bonds is 4. The van der Waals surface area contributed by atoms with Crippen molar-refractivity contribution in [3.8, 4) is 11.5 Å². The Balaban J connectivity index is 1.50. The zero-order valence-electron chi connectivity index (χ0n) is 19.2. The smallest absolute Gasteiger partial charge is 0.256 e. The van der Waals surface area contributed by atoms with E-state index in [0.717, 1.165) is 0 Å². The van der Waals surface area contributed by atoms with Gasteiger partial charge in [-0.2, -0.15) is 0 Å². The molecule has 2 aromatic carbocycles. The minimum absolute atomic E-state index is 0.0547. The molecule has 1 fully saturated rings. The highest BCUT2D eigenvalue weighted by Gasteiger charge is 2.58. The maximum absolute atomic E-state index is 15.2. The molecule has 2 heterocycles. The summed E-state index contributed by atoms with van der Waals surface area (Å²) in [6.45, 7) is 6.72. The molecule has 3 unspecified atom stereocenters. The van der Waals surface area contributed by atoms with E-state index in [-0.39, 0.29) is 18.1 Å². The van der Waals surface area contributed by atoms with Crippen molar-refractivity contribution < 1.29 is 27.4 Å². The van der Waals surface area contributed by atoms with Crippen molar-refractivity contribution >= 4 is 16.7 Å². The summed E-state index contributed by atoms with van der Waals surface area (Å²) >= 11 is 0. The van der Waals surface area contributed by atoms with Crippen LogP contribution < -0.4 is 14.8 Å². The number of hydrogen-bond acceptors (Lipinski definition) is 6. The Morgan fingerprint density at radius 2 is 1.94 bits per heavy atom. The second-order valence-electron chi connectivity index (χ2n) is 8.92. The summed E-state index contributed by atoms with van der Waals surface area (Å²) in [6, 6.07) is 7.72. The molecular weight excluding hydrogens is 447 g/mol. The fraction of sp³-hybridized carbons (Fsp3) is 0.440. The predicted molar refractivity (Wildman–Crippen MR) is 121 cm³/mol. The first-order chi connectivity index (χ1) is 16.2. The van der Waals surface area contributed by atoms with Crippen LogP contribution in [0.2, 0.25) is 0 Å². The second kappa shape index (κ2) is 8.61. The Morgan fingerprint density at radius 1 is 1.15 bits per heavy atom. The van der Waals surface area contributed by atoms with Crippen LogP contribution in [0.3, 0.4) is 0 Å². The van der Waals surface area contributed by atoms with E-state index < -0.39 is 23.7 Å². The summed E-state index contributed by atoms with van der Waals surface area (Å²) in [7, 11) is 0. The molecule has 1 N–H and O–H groups in total. The summed E-state index contributed by atoms with van der Waals surface area (Å²) in [5, 5.41) is 3.93. The van der Waals surface area contributed by atoms with E-state index in [1.807, 2.05) is 6.92 Å². The Hall–Kier alpha value is -3.07.